The third kappa shape index (κ3) is 6.10. The Morgan fingerprint density at radius 3 is 2.43 bits per heavy atom. The van der Waals surface area contributed by atoms with Crippen LogP contribution in [0.5, 0.6) is 0 Å². The molecule has 1 saturated heterocycles. The van der Waals surface area contributed by atoms with E-state index in [-0.39, 0.29) is 29.9 Å². The van der Waals surface area contributed by atoms with E-state index < -0.39 is 0 Å². The van der Waals surface area contributed by atoms with Crippen LogP contribution in [0.3, 0.4) is 0 Å². The van der Waals surface area contributed by atoms with Gasteiger partial charge in [-0.05, 0) is 48.7 Å². The second-order valence-corrected chi connectivity index (χ2v) is 7.48. The van der Waals surface area contributed by atoms with Crippen LogP contribution >= 0.6 is 24.0 Å². The van der Waals surface area contributed by atoms with Crippen molar-refractivity contribution < 1.29 is 4.79 Å². The molecule has 0 aromatic heterocycles. The molecule has 0 aliphatic carbocycles. The van der Waals surface area contributed by atoms with E-state index in [4.69, 9.17) is 0 Å². The maximum absolute atomic E-state index is 11.3. The standard InChI is InChI=1S/C23H31N5O.HI/c1-17-7-5-10-22(18(17)2)27-11-13-28(14-12-27)23(24-4)25-16-20-8-6-9-21(15-20)26-19(3)29;/h5-10,15H,11-14,16H2,1-4H3,(H,24,25)(H,26,29);1H. The molecule has 1 aliphatic rings. The van der Waals surface area contributed by atoms with Gasteiger partial charge in [-0.1, -0.05) is 24.3 Å². The van der Waals surface area contributed by atoms with Gasteiger partial charge in [-0.2, -0.15) is 0 Å². The van der Waals surface area contributed by atoms with Crippen LogP contribution in [0.1, 0.15) is 23.6 Å². The Hall–Kier alpha value is -2.29. The normalized spacial score (nSPS) is 14.2. The Kier molecular flexibility index (Phi) is 8.95. The maximum atomic E-state index is 11.3. The highest BCUT2D eigenvalue weighted by molar-refractivity contribution is 14.0. The van der Waals surface area contributed by atoms with Gasteiger partial charge in [-0.3, -0.25) is 9.79 Å². The van der Waals surface area contributed by atoms with E-state index in [1.54, 1.807) is 0 Å². The molecule has 7 heteroatoms. The van der Waals surface area contributed by atoms with E-state index in [9.17, 15) is 4.79 Å². The van der Waals surface area contributed by atoms with Crippen molar-refractivity contribution in [2.24, 2.45) is 4.99 Å². The number of hydrogen-bond acceptors (Lipinski definition) is 3. The molecule has 162 valence electrons. The molecule has 1 aliphatic heterocycles. The Bertz CT molecular complexity index is 891. The number of anilines is 2. The van der Waals surface area contributed by atoms with Crippen LogP contribution in [0.2, 0.25) is 0 Å². The predicted octanol–water partition coefficient (Wildman–Crippen LogP) is 3.78. The molecule has 1 heterocycles. The molecule has 0 atom stereocenters. The lowest BCUT2D eigenvalue weighted by Gasteiger charge is -2.38. The SMILES string of the molecule is CN=C(NCc1cccc(NC(C)=O)c1)N1CCN(c2cccc(C)c2C)CC1.I. The number of nitrogens with zero attached hydrogens (tertiary/aromatic N) is 3. The smallest absolute Gasteiger partial charge is 0.221 e. The molecule has 6 nitrogen and oxygen atoms in total. The van der Waals surface area contributed by atoms with Gasteiger partial charge in [0, 0.05) is 58.1 Å². The summed E-state index contributed by atoms with van der Waals surface area (Å²) in [7, 11) is 1.83. The summed E-state index contributed by atoms with van der Waals surface area (Å²) in [5, 5.41) is 6.28. The van der Waals surface area contributed by atoms with Crippen molar-refractivity contribution in [1.29, 1.82) is 0 Å². The summed E-state index contributed by atoms with van der Waals surface area (Å²) >= 11 is 0. The number of carbonyl (C=O) groups excluding carboxylic acids is 1. The summed E-state index contributed by atoms with van der Waals surface area (Å²) in [6, 6.07) is 14.4. The fraction of sp³-hybridized carbons (Fsp3) is 0.391. The van der Waals surface area contributed by atoms with Gasteiger partial charge < -0.3 is 20.4 Å². The van der Waals surface area contributed by atoms with E-state index in [1.165, 1.54) is 23.7 Å². The number of nitrogens with one attached hydrogen (secondary N) is 2. The van der Waals surface area contributed by atoms with Gasteiger partial charge in [-0.15, -0.1) is 24.0 Å². The zero-order valence-corrected chi connectivity index (χ0v) is 20.6. The van der Waals surface area contributed by atoms with Crippen molar-refractivity contribution in [1.82, 2.24) is 10.2 Å². The molecule has 30 heavy (non-hydrogen) atoms. The predicted molar refractivity (Wildman–Crippen MR) is 136 cm³/mol. The number of rotatable bonds is 4. The molecular weight excluding hydrogens is 489 g/mol. The minimum absolute atomic E-state index is 0. The summed E-state index contributed by atoms with van der Waals surface area (Å²) in [5.74, 6) is 0.850. The largest absolute Gasteiger partial charge is 0.368 e. The van der Waals surface area contributed by atoms with E-state index in [2.05, 4.69) is 57.5 Å². The van der Waals surface area contributed by atoms with Crippen LogP contribution in [0.25, 0.3) is 0 Å². The summed E-state index contributed by atoms with van der Waals surface area (Å²) in [6.07, 6.45) is 0. The third-order valence-electron chi connectivity index (χ3n) is 5.41. The van der Waals surface area contributed by atoms with Crippen molar-refractivity contribution in [2.45, 2.75) is 27.3 Å². The number of hydrogen-bond donors (Lipinski definition) is 2. The first-order valence-electron chi connectivity index (χ1n) is 10.1. The van der Waals surface area contributed by atoms with Gasteiger partial charge in [0.15, 0.2) is 5.96 Å². The fourth-order valence-corrected chi connectivity index (χ4v) is 3.71. The monoisotopic (exact) mass is 521 g/mol. The quantitative estimate of drug-likeness (QED) is 0.366. The van der Waals surface area contributed by atoms with E-state index in [0.29, 0.717) is 6.54 Å². The molecule has 1 amide bonds. The second kappa shape index (κ2) is 11.2. The molecule has 3 rings (SSSR count). The Morgan fingerprint density at radius 2 is 1.77 bits per heavy atom. The lowest BCUT2D eigenvalue weighted by molar-refractivity contribution is -0.114. The van der Waals surface area contributed by atoms with E-state index in [1.807, 2.05) is 31.3 Å². The lowest BCUT2D eigenvalue weighted by atomic mass is 10.1. The van der Waals surface area contributed by atoms with Crippen molar-refractivity contribution >= 4 is 47.2 Å². The fourth-order valence-electron chi connectivity index (χ4n) is 3.71. The topological polar surface area (TPSA) is 60.0 Å². The Morgan fingerprint density at radius 1 is 1.07 bits per heavy atom. The van der Waals surface area contributed by atoms with Crippen molar-refractivity contribution in [2.75, 3.05) is 43.4 Å². The minimum atomic E-state index is -0.0624. The molecule has 0 unspecified atom stereocenters. The van der Waals surface area contributed by atoms with Gasteiger partial charge in [0.2, 0.25) is 5.91 Å². The molecule has 2 N–H and O–H groups in total. The molecule has 0 bridgehead atoms. The summed E-state index contributed by atoms with van der Waals surface area (Å²) in [5.41, 5.74) is 5.95. The van der Waals surface area contributed by atoms with Gasteiger partial charge >= 0.3 is 0 Å². The molecular formula is C23H32IN5O. The van der Waals surface area contributed by atoms with Crippen molar-refractivity contribution in [3.63, 3.8) is 0 Å². The molecule has 2 aromatic rings. The Labute approximate surface area is 196 Å². The van der Waals surface area contributed by atoms with Crippen LogP contribution in [-0.2, 0) is 11.3 Å². The second-order valence-electron chi connectivity index (χ2n) is 7.48. The highest BCUT2D eigenvalue weighted by Crippen LogP contribution is 2.23. The Balaban J connectivity index is 0.00000320. The third-order valence-corrected chi connectivity index (χ3v) is 5.41. The first kappa shape index (κ1) is 24.0. The molecule has 0 spiro atoms. The van der Waals surface area contributed by atoms with E-state index in [0.717, 1.165) is 43.4 Å². The number of piperazine rings is 1. The van der Waals surface area contributed by atoms with Crippen LogP contribution in [0.15, 0.2) is 47.5 Å². The number of amides is 1. The molecule has 1 fully saturated rings. The van der Waals surface area contributed by atoms with Crippen molar-refractivity contribution in [3.8, 4) is 0 Å². The molecule has 2 aromatic carbocycles. The minimum Gasteiger partial charge on any atom is -0.368 e. The number of aryl methyl sites for hydroxylation is 1. The van der Waals surface area contributed by atoms with Gasteiger partial charge in [0.05, 0.1) is 0 Å². The highest BCUT2D eigenvalue weighted by atomic mass is 127. The average Bonchev–Trinajstić information content (AvgIpc) is 2.71. The van der Waals surface area contributed by atoms with Gasteiger partial charge in [0.1, 0.15) is 0 Å². The van der Waals surface area contributed by atoms with Crippen molar-refractivity contribution in [3.05, 3.63) is 59.2 Å². The van der Waals surface area contributed by atoms with Crippen LogP contribution in [0.4, 0.5) is 11.4 Å². The highest BCUT2D eigenvalue weighted by Gasteiger charge is 2.21. The number of benzene rings is 2. The zero-order valence-electron chi connectivity index (χ0n) is 18.2. The first-order chi connectivity index (χ1) is 14.0. The lowest BCUT2D eigenvalue weighted by Crippen LogP contribution is -2.52. The summed E-state index contributed by atoms with van der Waals surface area (Å²) < 4.78 is 0. The van der Waals surface area contributed by atoms with Crippen LogP contribution < -0.4 is 15.5 Å². The number of guanidine groups is 1. The number of aliphatic imine (C=N–C) groups is 1. The van der Waals surface area contributed by atoms with E-state index >= 15 is 0 Å². The summed E-state index contributed by atoms with van der Waals surface area (Å²) in [4.78, 5) is 20.5. The summed E-state index contributed by atoms with van der Waals surface area (Å²) in [6.45, 7) is 10.4. The number of carbonyl (C=O) groups is 1. The first-order valence-corrected chi connectivity index (χ1v) is 10.1. The van der Waals surface area contributed by atoms with Crippen LogP contribution in [0, 0.1) is 13.8 Å². The van der Waals surface area contributed by atoms with Gasteiger partial charge in [0.25, 0.3) is 0 Å². The van der Waals surface area contributed by atoms with Gasteiger partial charge in [-0.25, -0.2) is 0 Å². The molecule has 0 saturated carbocycles. The molecule has 0 radical (unpaired) electrons. The average molecular weight is 521 g/mol. The van der Waals surface area contributed by atoms with Crippen LogP contribution in [-0.4, -0.2) is 50.0 Å². The zero-order chi connectivity index (χ0) is 20.8. The maximum Gasteiger partial charge on any atom is 0.221 e. The number of halogens is 1.